The average molecular weight is 498 g/mol. The van der Waals surface area contributed by atoms with E-state index in [-0.39, 0.29) is 48.3 Å². The zero-order valence-electron chi connectivity index (χ0n) is 23.3. The Morgan fingerprint density at radius 3 is 2.34 bits per heavy atom. The average Bonchev–Trinajstić information content (AvgIpc) is 2.82. The summed E-state index contributed by atoms with van der Waals surface area (Å²) < 4.78 is 5.19. The smallest absolute Gasteiger partial charge is 0.302 e. The Kier molecular flexibility index (Phi) is 15.1. The minimum atomic E-state index is -0.673. The monoisotopic (exact) mass is 497 g/mol. The number of likely N-dealkylation sites (N-methyl/N-ethyl adjacent to an activating group) is 1. The van der Waals surface area contributed by atoms with Crippen molar-refractivity contribution in [1.29, 1.82) is 0 Å². The van der Waals surface area contributed by atoms with Crippen LogP contribution in [0.2, 0.25) is 0 Å². The predicted molar refractivity (Wildman–Crippen MR) is 138 cm³/mol. The molecule has 1 rings (SSSR count). The molecule has 0 aromatic rings. The maximum absolute atomic E-state index is 14.0. The van der Waals surface area contributed by atoms with Crippen LogP contribution in [0.1, 0.15) is 99.3 Å². The Morgan fingerprint density at radius 2 is 1.77 bits per heavy atom. The van der Waals surface area contributed by atoms with Crippen LogP contribution >= 0.6 is 0 Å². The number of rotatable bonds is 16. The van der Waals surface area contributed by atoms with E-state index in [1.54, 1.807) is 0 Å². The summed E-state index contributed by atoms with van der Waals surface area (Å²) >= 11 is 0. The van der Waals surface area contributed by atoms with Gasteiger partial charge < -0.3 is 10.1 Å². The zero-order valence-corrected chi connectivity index (χ0v) is 23.3. The van der Waals surface area contributed by atoms with Crippen LogP contribution in [0, 0.1) is 11.8 Å². The molecule has 0 aliphatic carbocycles. The van der Waals surface area contributed by atoms with Gasteiger partial charge in [0.2, 0.25) is 5.91 Å². The fraction of sp³-hybridized carbons (Fsp3) is 0.889. The molecule has 0 bridgehead atoms. The van der Waals surface area contributed by atoms with Crippen LogP contribution in [0.3, 0.4) is 0 Å². The SMILES string of the molecule is CCCCCCON(C(=O)[C@@H](NC(=O)[C@H]1CCCCN1C)[C@@H](C)CC)C(CCOC(C)=O)C(C)C. The van der Waals surface area contributed by atoms with E-state index in [1.807, 2.05) is 34.7 Å². The first-order valence-electron chi connectivity index (χ1n) is 13.7. The van der Waals surface area contributed by atoms with E-state index in [0.29, 0.717) is 13.0 Å². The lowest BCUT2D eigenvalue weighted by Crippen LogP contribution is -2.58. The van der Waals surface area contributed by atoms with E-state index in [4.69, 9.17) is 9.57 Å². The number of hydroxylamine groups is 2. The number of piperidine rings is 1. The van der Waals surface area contributed by atoms with Gasteiger partial charge in [0.1, 0.15) is 6.04 Å². The third-order valence-corrected chi connectivity index (χ3v) is 7.09. The molecule has 1 aliphatic rings. The molecule has 1 unspecified atom stereocenters. The molecule has 0 saturated carbocycles. The highest BCUT2D eigenvalue weighted by Crippen LogP contribution is 2.22. The molecule has 1 fully saturated rings. The lowest BCUT2D eigenvalue weighted by atomic mass is 9.94. The Bertz CT molecular complexity index is 642. The second-order valence-corrected chi connectivity index (χ2v) is 10.4. The third kappa shape index (κ3) is 10.9. The fourth-order valence-corrected chi connectivity index (χ4v) is 4.54. The number of amides is 2. The van der Waals surface area contributed by atoms with Crippen molar-refractivity contribution in [3.63, 3.8) is 0 Å². The van der Waals surface area contributed by atoms with Crippen LogP contribution in [0.5, 0.6) is 0 Å². The van der Waals surface area contributed by atoms with Crippen LogP contribution in [0.25, 0.3) is 0 Å². The topological polar surface area (TPSA) is 88.2 Å². The van der Waals surface area contributed by atoms with Crippen molar-refractivity contribution in [2.24, 2.45) is 11.8 Å². The highest BCUT2D eigenvalue weighted by Gasteiger charge is 2.37. The van der Waals surface area contributed by atoms with Crippen molar-refractivity contribution < 1.29 is 24.0 Å². The Hall–Kier alpha value is -1.67. The van der Waals surface area contributed by atoms with Crippen LogP contribution in [0.15, 0.2) is 0 Å². The van der Waals surface area contributed by atoms with Crippen molar-refractivity contribution >= 4 is 17.8 Å². The standard InChI is InChI=1S/C27H51N3O5/c1-8-10-11-14-18-35-30(23(20(3)4)16-19-34-22(6)31)27(33)25(21(5)9-2)28-26(32)24-15-12-13-17-29(24)7/h20-21,23-25H,8-19H2,1-7H3,(H,28,32)/t21-,23?,24+,25-/m0/s1. The molecule has 0 aromatic heterocycles. The van der Waals surface area contributed by atoms with Gasteiger partial charge in [0, 0.05) is 13.3 Å². The molecule has 35 heavy (non-hydrogen) atoms. The van der Waals surface area contributed by atoms with Crippen molar-refractivity contribution in [2.75, 3.05) is 26.8 Å². The fourth-order valence-electron chi connectivity index (χ4n) is 4.54. The zero-order chi connectivity index (χ0) is 26.4. The Labute approximate surface area is 213 Å². The van der Waals surface area contributed by atoms with E-state index in [9.17, 15) is 14.4 Å². The summed E-state index contributed by atoms with van der Waals surface area (Å²) in [7, 11) is 1.97. The van der Waals surface area contributed by atoms with Gasteiger partial charge in [-0.2, -0.15) is 0 Å². The number of unbranched alkanes of at least 4 members (excludes halogenated alkanes) is 3. The molecular weight excluding hydrogens is 446 g/mol. The van der Waals surface area contributed by atoms with Crippen LogP contribution < -0.4 is 5.32 Å². The molecule has 1 saturated heterocycles. The van der Waals surface area contributed by atoms with E-state index >= 15 is 0 Å². The number of ether oxygens (including phenoxy) is 1. The molecule has 0 aromatic carbocycles. The van der Waals surface area contributed by atoms with Gasteiger partial charge in [0.25, 0.3) is 5.91 Å². The van der Waals surface area contributed by atoms with Crippen molar-refractivity contribution in [3.05, 3.63) is 0 Å². The largest absolute Gasteiger partial charge is 0.466 e. The number of likely N-dealkylation sites (tertiary alicyclic amines) is 1. The summed E-state index contributed by atoms with van der Waals surface area (Å²) in [5.41, 5.74) is 0. The number of carbonyl (C=O) groups is 3. The van der Waals surface area contributed by atoms with Crippen LogP contribution in [-0.4, -0.2) is 72.7 Å². The highest BCUT2D eigenvalue weighted by atomic mass is 16.7. The molecule has 1 aliphatic heterocycles. The second kappa shape index (κ2) is 16.9. The highest BCUT2D eigenvalue weighted by molar-refractivity contribution is 5.89. The van der Waals surface area contributed by atoms with E-state index in [0.717, 1.165) is 57.9 Å². The molecule has 4 atom stereocenters. The number of nitrogens with zero attached hydrogens (tertiary/aromatic N) is 2. The third-order valence-electron chi connectivity index (χ3n) is 7.09. The minimum absolute atomic E-state index is 0.0483. The molecule has 8 nitrogen and oxygen atoms in total. The normalized spacial score (nSPS) is 19.1. The maximum Gasteiger partial charge on any atom is 0.302 e. The summed E-state index contributed by atoms with van der Waals surface area (Å²) in [5.74, 6) is -0.610. The number of nitrogens with one attached hydrogen (secondary N) is 1. The number of esters is 1. The lowest BCUT2D eigenvalue weighted by Gasteiger charge is -2.38. The van der Waals surface area contributed by atoms with Gasteiger partial charge in [0.05, 0.1) is 25.3 Å². The molecule has 204 valence electrons. The number of hydrogen-bond donors (Lipinski definition) is 1. The van der Waals surface area contributed by atoms with Gasteiger partial charge in [-0.25, -0.2) is 5.06 Å². The minimum Gasteiger partial charge on any atom is -0.466 e. The summed E-state index contributed by atoms with van der Waals surface area (Å²) in [4.78, 5) is 46.7. The van der Waals surface area contributed by atoms with E-state index < -0.39 is 6.04 Å². The quantitative estimate of drug-likeness (QED) is 0.194. The van der Waals surface area contributed by atoms with Crippen molar-refractivity contribution in [1.82, 2.24) is 15.3 Å². The predicted octanol–water partition coefficient (Wildman–Crippen LogP) is 4.32. The molecule has 0 radical (unpaired) electrons. The van der Waals surface area contributed by atoms with E-state index in [1.165, 1.54) is 12.0 Å². The molecule has 1 heterocycles. The number of hydrogen-bond acceptors (Lipinski definition) is 6. The van der Waals surface area contributed by atoms with Crippen LogP contribution in [0.4, 0.5) is 0 Å². The van der Waals surface area contributed by atoms with Gasteiger partial charge in [-0.05, 0) is 44.7 Å². The molecule has 1 N–H and O–H groups in total. The summed E-state index contributed by atoms with van der Waals surface area (Å²) in [5, 5.41) is 4.58. The summed E-state index contributed by atoms with van der Waals surface area (Å²) in [6, 6.07) is -1.15. The maximum atomic E-state index is 14.0. The molecule has 8 heteroatoms. The van der Waals surface area contributed by atoms with Gasteiger partial charge in [-0.3, -0.25) is 24.1 Å². The summed E-state index contributed by atoms with van der Waals surface area (Å²) in [6.45, 7) is 13.2. The molecular formula is C27H51N3O5. The first-order valence-corrected chi connectivity index (χ1v) is 13.7. The van der Waals surface area contributed by atoms with Gasteiger partial charge in [-0.1, -0.05) is 66.7 Å². The Balaban J connectivity index is 3.10. The van der Waals surface area contributed by atoms with Crippen LogP contribution in [-0.2, 0) is 24.0 Å². The molecule has 0 spiro atoms. The van der Waals surface area contributed by atoms with Gasteiger partial charge in [-0.15, -0.1) is 0 Å². The second-order valence-electron chi connectivity index (χ2n) is 10.4. The van der Waals surface area contributed by atoms with Crippen molar-refractivity contribution in [2.45, 2.75) is 117 Å². The number of carbonyl (C=O) groups excluding carboxylic acids is 3. The van der Waals surface area contributed by atoms with Gasteiger partial charge in [0.15, 0.2) is 0 Å². The first kappa shape index (κ1) is 31.4. The molecule has 2 amide bonds. The first-order chi connectivity index (χ1) is 16.6. The Morgan fingerprint density at radius 1 is 1.06 bits per heavy atom. The van der Waals surface area contributed by atoms with Gasteiger partial charge >= 0.3 is 5.97 Å². The van der Waals surface area contributed by atoms with Crippen molar-refractivity contribution in [3.8, 4) is 0 Å². The summed E-state index contributed by atoms with van der Waals surface area (Å²) in [6.07, 6.45) is 8.28. The van der Waals surface area contributed by atoms with E-state index in [2.05, 4.69) is 17.1 Å². The lowest BCUT2D eigenvalue weighted by molar-refractivity contribution is -0.211.